The van der Waals surface area contributed by atoms with Gasteiger partial charge in [0.2, 0.25) is 5.91 Å². The number of carbonyl (C=O) groups is 2. The highest BCUT2D eigenvalue weighted by Crippen LogP contribution is 2.16. The highest BCUT2D eigenvalue weighted by atomic mass is 32.1. The maximum Gasteiger partial charge on any atom is 0.238 e. The number of para-hydroxylation sites is 1. The van der Waals surface area contributed by atoms with Crippen molar-refractivity contribution in [3.8, 4) is 0 Å². The van der Waals surface area contributed by atoms with Gasteiger partial charge in [0.05, 0.1) is 12.2 Å². The van der Waals surface area contributed by atoms with Crippen molar-refractivity contribution < 1.29 is 9.59 Å². The van der Waals surface area contributed by atoms with Crippen molar-refractivity contribution in [2.24, 2.45) is 0 Å². The van der Waals surface area contributed by atoms with Crippen LogP contribution >= 0.6 is 11.3 Å². The van der Waals surface area contributed by atoms with E-state index in [1.54, 1.807) is 29.5 Å². The molecular formula is C19H23N3O2S. The molecule has 1 fully saturated rings. The zero-order valence-electron chi connectivity index (χ0n) is 14.4. The Morgan fingerprint density at radius 1 is 1.04 bits per heavy atom. The lowest BCUT2D eigenvalue weighted by atomic mass is 10.1. The molecule has 1 aliphatic heterocycles. The van der Waals surface area contributed by atoms with E-state index in [1.807, 2.05) is 6.07 Å². The molecule has 0 radical (unpaired) electrons. The monoisotopic (exact) mass is 357 g/mol. The molecule has 1 aliphatic rings. The molecule has 132 valence electrons. The van der Waals surface area contributed by atoms with E-state index in [2.05, 4.69) is 32.6 Å². The van der Waals surface area contributed by atoms with Gasteiger partial charge in [-0.3, -0.25) is 19.4 Å². The number of hydrogen-bond acceptors (Lipinski definition) is 5. The number of carbonyl (C=O) groups excluding carboxylic acids is 2. The summed E-state index contributed by atoms with van der Waals surface area (Å²) in [5.74, 6) is -0.113. The zero-order chi connectivity index (χ0) is 17.6. The number of thiophene rings is 1. The van der Waals surface area contributed by atoms with Crippen molar-refractivity contribution in [1.82, 2.24) is 9.80 Å². The predicted molar refractivity (Wildman–Crippen MR) is 101 cm³/mol. The number of amides is 1. The number of anilines is 1. The lowest BCUT2D eigenvalue weighted by molar-refractivity contribution is -0.117. The van der Waals surface area contributed by atoms with Crippen molar-refractivity contribution in [1.29, 1.82) is 0 Å². The van der Waals surface area contributed by atoms with Gasteiger partial charge in [-0.25, -0.2) is 0 Å². The number of hydrogen-bond donors (Lipinski definition) is 1. The molecule has 0 atom stereocenters. The maximum absolute atomic E-state index is 12.3. The topological polar surface area (TPSA) is 52.7 Å². The van der Waals surface area contributed by atoms with Gasteiger partial charge in [0.15, 0.2) is 5.78 Å². The van der Waals surface area contributed by atoms with Crippen LogP contribution in [0.15, 0.2) is 41.8 Å². The molecule has 25 heavy (non-hydrogen) atoms. The fraction of sp³-hybridized carbons (Fsp3) is 0.368. The minimum absolute atomic E-state index is 0.0434. The van der Waals surface area contributed by atoms with Crippen LogP contribution in [0.25, 0.3) is 0 Å². The third-order valence-corrected chi connectivity index (χ3v) is 5.23. The van der Waals surface area contributed by atoms with E-state index in [0.29, 0.717) is 17.8 Å². The number of nitrogens with zero attached hydrogens (tertiary/aromatic N) is 2. The van der Waals surface area contributed by atoms with Crippen LogP contribution in [0.2, 0.25) is 0 Å². The van der Waals surface area contributed by atoms with E-state index in [0.717, 1.165) is 32.7 Å². The molecule has 0 saturated carbocycles. The van der Waals surface area contributed by atoms with Crippen molar-refractivity contribution in [3.63, 3.8) is 0 Å². The van der Waals surface area contributed by atoms with Gasteiger partial charge in [-0.15, -0.1) is 11.3 Å². The van der Waals surface area contributed by atoms with Gasteiger partial charge in [0.25, 0.3) is 0 Å². The van der Waals surface area contributed by atoms with Crippen molar-refractivity contribution in [3.05, 3.63) is 52.2 Å². The quantitative estimate of drug-likeness (QED) is 0.808. The van der Waals surface area contributed by atoms with E-state index >= 15 is 0 Å². The van der Waals surface area contributed by atoms with E-state index < -0.39 is 0 Å². The molecule has 0 unspecified atom stereocenters. The summed E-state index contributed by atoms with van der Waals surface area (Å²) < 4.78 is 0. The van der Waals surface area contributed by atoms with Gasteiger partial charge < -0.3 is 5.32 Å². The maximum atomic E-state index is 12.3. The first kappa shape index (κ1) is 17.8. The summed E-state index contributed by atoms with van der Waals surface area (Å²) in [6.07, 6.45) is 0. The molecule has 2 aromatic rings. The SMILES string of the molecule is CC(=O)c1ccccc1NC(=O)CN1CCN(Cc2cccs2)CC1. The van der Waals surface area contributed by atoms with Gasteiger partial charge in [-0.1, -0.05) is 18.2 Å². The Balaban J connectivity index is 1.47. The Kier molecular flexibility index (Phi) is 5.96. The number of piperazine rings is 1. The summed E-state index contributed by atoms with van der Waals surface area (Å²) in [6.45, 7) is 6.56. The lowest BCUT2D eigenvalue weighted by Gasteiger charge is -2.34. The number of Topliss-reactive ketones (excluding diaryl/α,β-unsaturated/α-hetero) is 1. The molecule has 0 bridgehead atoms. The summed E-state index contributed by atoms with van der Waals surface area (Å²) in [7, 11) is 0. The van der Waals surface area contributed by atoms with Crippen LogP contribution in [-0.2, 0) is 11.3 Å². The van der Waals surface area contributed by atoms with Gasteiger partial charge in [0.1, 0.15) is 0 Å². The summed E-state index contributed by atoms with van der Waals surface area (Å²) >= 11 is 1.79. The molecule has 1 amide bonds. The summed E-state index contributed by atoms with van der Waals surface area (Å²) in [5.41, 5.74) is 1.15. The van der Waals surface area contributed by atoms with Crippen LogP contribution in [0.3, 0.4) is 0 Å². The van der Waals surface area contributed by atoms with Gasteiger partial charge in [-0.05, 0) is 30.5 Å². The largest absolute Gasteiger partial charge is 0.324 e. The van der Waals surface area contributed by atoms with Gasteiger partial charge in [0, 0.05) is 43.2 Å². The number of nitrogens with one attached hydrogen (secondary N) is 1. The average molecular weight is 357 g/mol. The molecule has 1 aromatic heterocycles. The molecule has 2 heterocycles. The predicted octanol–water partition coefficient (Wildman–Crippen LogP) is 2.71. The molecule has 0 aliphatic carbocycles. The van der Waals surface area contributed by atoms with Crippen LogP contribution in [0.4, 0.5) is 5.69 Å². The second-order valence-corrected chi connectivity index (χ2v) is 7.31. The number of rotatable bonds is 6. The first-order valence-electron chi connectivity index (χ1n) is 8.49. The Morgan fingerprint density at radius 2 is 1.76 bits per heavy atom. The molecule has 1 aromatic carbocycles. The van der Waals surface area contributed by atoms with Crippen molar-refractivity contribution in [2.75, 3.05) is 38.0 Å². The van der Waals surface area contributed by atoms with Crippen molar-refractivity contribution in [2.45, 2.75) is 13.5 Å². The Labute approximate surface area is 152 Å². The van der Waals surface area contributed by atoms with Crippen LogP contribution < -0.4 is 5.32 Å². The highest BCUT2D eigenvalue weighted by Gasteiger charge is 2.20. The van der Waals surface area contributed by atoms with E-state index in [1.165, 1.54) is 11.8 Å². The molecule has 1 N–H and O–H groups in total. The normalized spacial score (nSPS) is 15.9. The van der Waals surface area contributed by atoms with E-state index in [-0.39, 0.29) is 11.7 Å². The van der Waals surface area contributed by atoms with E-state index in [4.69, 9.17) is 0 Å². The fourth-order valence-electron chi connectivity index (χ4n) is 3.02. The average Bonchev–Trinajstić information content (AvgIpc) is 3.10. The molecule has 3 rings (SSSR count). The molecule has 0 spiro atoms. The molecule has 5 nitrogen and oxygen atoms in total. The molecule has 6 heteroatoms. The smallest absolute Gasteiger partial charge is 0.238 e. The highest BCUT2D eigenvalue weighted by molar-refractivity contribution is 7.09. The lowest BCUT2D eigenvalue weighted by Crippen LogP contribution is -2.48. The number of ketones is 1. The van der Waals surface area contributed by atoms with Crippen LogP contribution in [0.1, 0.15) is 22.2 Å². The Morgan fingerprint density at radius 3 is 2.44 bits per heavy atom. The second kappa shape index (κ2) is 8.38. The first-order valence-corrected chi connectivity index (χ1v) is 9.36. The molecule has 1 saturated heterocycles. The Hall–Kier alpha value is -2.02. The Bertz CT molecular complexity index is 722. The van der Waals surface area contributed by atoms with Gasteiger partial charge in [-0.2, -0.15) is 0 Å². The fourth-order valence-corrected chi connectivity index (χ4v) is 3.77. The summed E-state index contributed by atoms with van der Waals surface area (Å²) in [4.78, 5) is 29.9. The zero-order valence-corrected chi connectivity index (χ0v) is 15.2. The third kappa shape index (κ3) is 4.98. The molecular weight excluding hydrogens is 334 g/mol. The van der Waals surface area contributed by atoms with Crippen LogP contribution in [-0.4, -0.2) is 54.2 Å². The van der Waals surface area contributed by atoms with Gasteiger partial charge >= 0.3 is 0 Å². The second-order valence-electron chi connectivity index (χ2n) is 6.28. The standard InChI is InChI=1S/C19H23N3O2S/c1-15(23)17-6-2-3-7-18(17)20-19(24)14-22-10-8-21(9-11-22)13-16-5-4-12-25-16/h2-7,12H,8-11,13-14H2,1H3,(H,20,24). The first-order chi connectivity index (χ1) is 12.1. The third-order valence-electron chi connectivity index (χ3n) is 4.37. The summed E-state index contributed by atoms with van der Waals surface area (Å²) in [5, 5.41) is 4.98. The van der Waals surface area contributed by atoms with Crippen LogP contribution in [0, 0.1) is 0 Å². The minimum atomic E-state index is -0.0691. The number of benzene rings is 1. The summed E-state index contributed by atoms with van der Waals surface area (Å²) in [6, 6.07) is 11.4. The van der Waals surface area contributed by atoms with Crippen LogP contribution in [0.5, 0.6) is 0 Å². The minimum Gasteiger partial charge on any atom is -0.324 e. The van der Waals surface area contributed by atoms with Crippen molar-refractivity contribution >= 4 is 28.7 Å². The van der Waals surface area contributed by atoms with E-state index in [9.17, 15) is 9.59 Å².